The minimum absolute atomic E-state index is 0.293. The molecule has 0 amide bonds. The van der Waals surface area contributed by atoms with Gasteiger partial charge in [0.2, 0.25) is 5.82 Å². The van der Waals surface area contributed by atoms with E-state index in [2.05, 4.69) is 27.0 Å². The second-order valence-corrected chi connectivity index (χ2v) is 4.79. The molecule has 3 rings (SSSR count). The van der Waals surface area contributed by atoms with Crippen molar-refractivity contribution in [1.82, 2.24) is 20.1 Å². The first-order valence-electron chi connectivity index (χ1n) is 6.55. The predicted octanol–water partition coefficient (Wildman–Crippen LogP) is 2.61. The molecule has 1 N–H and O–H groups in total. The van der Waals surface area contributed by atoms with Gasteiger partial charge in [-0.1, -0.05) is 6.42 Å². The van der Waals surface area contributed by atoms with Gasteiger partial charge in [-0.05, 0) is 45.0 Å². The number of hydrogen-bond acceptors (Lipinski definition) is 4. The van der Waals surface area contributed by atoms with Crippen molar-refractivity contribution in [3.8, 4) is 11.6 Å². The highest BCUT2D eigenvalue weighted by Crippen LogP contribution is 2.23. The Hall–Kier alpha value is -1.62. The molecule has 2 aromatic heterocycles. The summed E-state index contributed by atoms with van der Waals surface area (Å²) in [5.41, 5.74) is 0. The normalized spacial score (nSPS) is 18.9. The van der Waals surface area contributed by atoms with Crippen LogP contribution in [0.4, 0.5) is 0 Å². The third kappa shape index (κ3) is 2.18. The van der Waals surface area contributed by atoms with Crippen molar-refractivity contribution >= 4 is 0 Å². The van der Waals surface area contributed by atoms with Crippen LogP contribution in [0.2, 0.25) is 0 Å². The quantitative estimate of drug-likeness (QED) is 0.904. The average Bonchev–Trinajstić information content (AvgIpc) is 3.09. The van der Waals surface area contributed by atoms with Crippen LogP contribution in [0.15, 0.2) is 22.8 Å². The minimum atomic E-state index is 0.293. The van der Waals surface area contributed by atoms with E-state index < -0.39 is 0 Å². The van der Waals surface area contributed by atoms with Gasteiger partial charge in [0.1, 0.15) is 5.82 Å². The number of aromatic amines is 1. The molecule has 1 aliphatic rings. The van der Waals surface area contributed by atoms with Gasteiger partial charge in [0.25, 0.3) is 0 Å². The van der Waals surface area contributed by atoms with Gasteiger partial charge in [-0.2, -0.15) is 0 Å². The summed E-state index contributed by atoms with van der Waals surface area (Å²) in [6.45, 7) is 4.48. The first-order valence-corrected chi connectivity index (χ1v) is 6.55. The predicted molar refractivity (Wildman–Crippen MR) is 67.9 cm³/mol. The first kappa shape index (κ1) is 11.5. The minimum Gasteiger partial charge on any atom is -0.461 e. The summed E-state index contributed by atoms with van der Waals surface area (Å²) >= 11 is 0. The summed E-state index contributed by atoms with van der Waals surface area (Å²) in [7, 11) is 0. The Morgan fingerprint density at radius 3 is 2.89 bits per heavy atom. The molecule has 0 aliphatic carbocycles. The summed E-state index contributed by atoms with van der Waals surface area (Å²) in [6, 6.07) is 4.01. The molecule has 2 aromatic rings. The van der Waals surface area contributed by atoms with Crippen LogP contribution in [0.1, 0.15) is 38.1 Å². The number of nitrogens with one attached hydrogen (secondary N) is 1. The van der Waals surface area contributed by atoms with Crippen molar-refractivity contribution < 1.29 is 4.42 Å². The molecule has 3 heterocycles. The Kier molecular flexibility index (Phi) is 3.15. The number of furan rings is 1. The van der Waals surface area contributed by atoms with E-state index in [-0.39, 0.29) is 0 Å². The Bertz CT molecular complexity index is 485. The zero-order valence-corrected chi connectivity index (χ0v) is 10.6. The second kappa shape index (κ2) is 4.94. The number of rotatable bonds is 3. The number of H-pyrrole nitrogens is 1. The van der Waals surface area contributed by atoms with Crippen LogP contribution in [0.25, 0.3) is 11.6 Å². The molecule has 5 heteroatoms. The van der Waals surface area contributed by atoms with Gasteiger partial charge < -0.3 is 4.42 Å². The van der Waals surface area contributed by atoms with E-state index in [1.807, 2.05) is 12.1 Å². The van der Waals surface area contributed by atoms with Gasteiger partial charge in [0, 0.05) is 0 Å². The molecule has 5 nitrogen and oxygen atoms in total. The lowest BCUT2D eigenvalue weighted by atomic mass is 10.1. The van der Waals surface area contributed by atoms with E-state index in [1.165, 1.54) is 19.3 Å². The number of nitrogens with zero attached hydrogens (tertiary/aromatic N) is 3. The van der Waals surface area contributed by atoms with E-state index in [1.54, 1.807) is 6.26 Å². The van der Waals surface area contributed by atoms with Crippen LogP contribution in [0, 0.1) is 0 Å². The van der Waals surface area contributed by atoms with Crippen LogP contribution in [-0.2, 0) is 0 Å². The van der Waals surface area contributed by atoms with Crippen LogP contribution in [0.3, 0.4) is 0 Å². The molecular weight excluding hydrogens is 228 g/mol. The Labute approximate surface area is 106 Å². The summed E-state index contributed by atoms with van der Waals surface area (Å²) < 4.78 is 5.30. The van der Waals surface area contributed by atoms with Crippen molar-refractivity contribution in [3.63, 3.8) is 0 Å². The highest BCUT2D eigenvalue weighted by molar-refractivity contribution is 5.45. The maximum absolute atomic E-state index is 5.30. The van der Waals surface area contributed by atoms with Crippen molar-refractivity contribution in [2.45, 2.75) is 32.2 Å². The average molecular weight is 246 g/mol. The summed E-state index contributed by atoms with van der Waals surface area (Å²) in [5, 5.41) is 7.25. The molecule has 96 valence electrons. The number of likely N-dealkylation sites (tertiary alicyclic amines) is 1. The highest BCUT2D eigenvalue weighted by Gasteiger charge is 2.21. The molecule has 0 aromatic carbocycles. The molecule has 1 atom stereocenters. The lowest BCUT2D eigenvalue weighted by Gasteiger charge is -2.30. The summed E-state index contributed by atoms with van der Waals surface area (Å²) in [6.07, 6.45) is 5.55. The summed E-state index contributed by atoms with van der Waals surface area (Å²) in [4.78, 5) is 6.98. The van der Waals surface area contributed by atoms with E-state index in [0.29, 0.717) is 17.6 Å². The van der Waals surface area contributed by atoms with Gasteiger partial charge in [0.05, 0.1) is 12.3 Å². The summed E-state index contributed by atoms with van der Waals surface area (Å²) in [5.74, 6) is 2.27. The molecule has 1 fully saturated rings. The van der Waals surface area contributed by atoms with E-state index in [4.69, 9.17) is 4.42 Å². The molecule has 1 aliphatic heterocycles. The Balaban J connectivity index is 1.76. The van der Waals surface area contributed by atoms with Crippen LogP contribution < -0.4 is 0 Å². The van der Waals surface area contributed by atoms with Crippen molar-refractivity contribution in [2.75, 3.05) is 13.1 Å². The monoisotopic (exact) mass is 246 g/mol. The maximum atomic E-state index is 5.30. The van der Waals surface area contributed by atoms with E-state index in [0.717, 1.165) is 18.9 Å². The van der Waals surface area contributed by atoms with Crippen molar-refractivity contribution in [3.05, 3.63) is 24.2 Å². The fraction of sp³-hybridized carbons (Fsp3) is 0.538. The molecule has 18 heavy (non-hydrogen) atoms. The number of piperidine rings is 1. The lowest BCUT2D eigenvalue weighted by molar-refractivity contribution is 0.169. The largest absolute Gasteiger partial charge is 0.461 e. The standard InChI is InChI=1S/C13H18N4O/c1-10(17-7-3-2-4-8-17)12-14-13(16-15-12)11-6-5-9-18-11/h5-6,9-10H,2-4,7-8H2,1H3,(H,14,15,16). The maximum Gasteiger partial charge on any atom is 0.216 e. The molecule has 0 radical (unpaired) electrons. The SMILES string of the molecule is CC(c1nc(-c2ccco2)n[nH]1)N1CCCCC1. The lowest BCUT2D eigenvalue weighted by Crippen LogP contribution is -2.32. The molecule has 0 spiro atoms. The van der Waals surface area contributed by atoms with Crippen LogP contribution >= 0.6 is 0 Å². The number of hydrogen-bond donors (Lipinski definition) is 1. The van der Waals surface area contributed by atoms with Gasteiger partial charge in [-0.15, -0.1) is 5.10 Å². The zero-order valence-electron chi connectivity index (χ0n) is 10.6. The van der Waals surface area contributed by atoms with Crippen LogP contribution in [-0.4, -0.2) is 33.2 Å². The molecule has 0 bridgehead atoms. The van der Waals surface area contributed by atoms with Crippen molar-refractivity contribution in [2.24, 2.45) is 0 Å². The molecule has 0 saturated carbocycles. The second-order valence-electron chi connectivity index (χ2n) is 4.79. The third-order valence-corrected chi connectivity index (χ3v) is 3.58. The fourth-order valence-electron chi connectivity index (χ4n) is 2.46. The van der Waals surface area contributed by atoms with Crippen LogP contribution in [0.5, 0.6) is 0 Å². The van der Waals surface area contributed by atoms with Gasteiger partial charge in [-0.25, -0.2) is 4.98 Å². The zero-order chi connectivity index (χ0) is 12.4. The highest BCUT2D eigenvalue weighted by atomic mass is 16.3. The molecule has 1 saturated heterocycles. The Morgan fingerprint density at radius 1 is 1.33 bits per heavy atom. The van der Waals surface area contributed by atoms with Gasteiger partial charge in [0.15, 0.2) is 5.76 Å². The first-order chi connectivity index (χ1) is 8.84. The third-order valence-electron chi connectivity index (χ3n) is 3.58. The molecular formula is C13H18N4O. The van der Waals surface area contributed by atoms with Crippen molar-refractivity contribution in [1.29, 1.82) is 0 Å². The molecule has 1 unspecified atom stereocenters. The topological polar surface area (TPSA) is 58.0 Å². The van der Waals surface area contributed by atoms with Gasteiger partial charge in [-0.3, -0.25) is 10.00 Å². The fourth-order valence-corrected chi connectivity index (χ4v) is 2.46. The van der Waals surface area contributed by atoms with E-state index >= 15 is 0 Å². The Morgan fingerprint density at radius 2 is 2.17 bits per heavy atom. The van der Waals surface area contributed by atoms with E-state index in [9.17, 15) is 0 Å². The smallest absolute Gasteiger partial charge is 0.216 e. The number of aromatic nitrogens is 3. The van der Waals surface area contributed by atoms with Gasteiger partial charge >= 0.3 is 0 Å².